The third kappa shape index (κ3) is 5.24. The first-order valence-electron chi connectivity index (χ1n) is 10.8. The van der Waals surface area contributed by atoms with E-state index in [1.165, 1.54) is 42.0 Å². The highest BCUT2D eigenvalue weighted by molar-refractivity contribution is 8.00. The minimum Gasteiger partial charge on any atom is -0.349 e. The summed E-state index contributed by atoms with van der Waals surface area (Å²) >= 11 is 7.62. The van der Waals surface area contributed by atoms with E-state index in [-0.39, 0.29) is 40.7 Å². The Morgan fingerprint density at radius 3 is 2.61 bits per heavy atom. The van der Waals surface area contributed by atoms with Crippen molar-refractivity contribution in [2.75, 3.05) is 10.7 Å². The van der Waals surface area contributed by atoms with Gasteiger partial charge < -0.3 is 10.2 Å². The van der Waals surface area contributed by atoms with Crippen LogP contribution in [0.2, 0.25) is 5.02 Å². The third-order valence-electron chi connectivity index (χ3n) is 5.98. The average molecular weight is 461 g/mol. The van der Waals surface area contributed by atoms with Crippen molar-refractivity contribution >= 4 is 40.9 Å². The standard InChI is InChI=1S/C24H26ClFN2O2S/c25-19-9-6-10-20(26)18(19)14-28-21-13-16(11-12-22(21)31-15-23(28)29)24(30)27-17-7-4-2-1-3-5-8-17/h6,9-13,17H,1-5,7-8,14-15H2,(H,27,30). The molecule has 0 bridgehead atoms. The first kappa shape index (κ1) is 22.2. The summed E-state index contributed by atoms with van der Waals surface area (Å²) in [5, 5.41) is 3.46. The zero-order chi connectivity index (χ0) is 21.8. The SMILES string of the molecule is O=C(NC1CCCCCCC1)c1ccc2c(c1)N(Cc1c(F)cccc1Cl)C(=O)CS2. The zero-order valence-corrected chi connectivity index (χ0v) is 18.9. The topological polar surface area (TPSA) is 49.4 Å². The molecule has 4 nitrogen and oxygen atoms in total. The van der Waals surface area contributed by atoms with Crippen LogP contribution in [0, 0.1) is 5.82 Å². The van der Waals surface area contributed by atoms with Crippen LogP contribution in [0.1, 0.15) is 60.9 Å². The van der Waals surface area contributed by atoms with Crippen LogP contribution >= 0.6 is 23.4 Å². The fraction of sp³-hybridized carbons (Fsp3) is 0.417. The molecule has 0 unspecified atom stereocenters. The lowest BCUT2D eigenvalue weighted by Gasteiger charge is -2.30. The Hall–Kier alpha value is -2.05. The van der Waals surface area contributed by atoms with E-state index in [1.54, 1.807) is 24.3 Å². The van der Waals surface area contributed by atoms with Gasteiger partial charge in [-0.2, -0.15) is 0 Å². The molecule has 1 heterocycles. The Morgan fingerprint density at radius 2 is 1.87 bits per heavy atom. The lowest BCUT2D eigenvalue weighted by Crippen LogP contribution is -2.37. The molecule has 2 aromatic carbocycles. The van der Waals surface area contributed by atoms with Crippen molar-refractivity contribution in [1.29, 1.82) is 0 Å². The number of halogens is 2. The summed E-state index contributed by atoms with van der Waals surface area (Å²) in [4.78, 5) is 28.1. The minimum atomic E-state index is -0.446. The lowest BCUT2D eigenvalue weighted by atomic mass is 9.96. The van der Waals surface area contributed by atoms with Gasteiger partial charge in [-0.1, -0.05) is 49.8 Å². The molecule has 1 aliphatic heterocycles. The van der Waals surface area contributed by atoms with Gasteiger partial charge in [-0.3, -0.25) is 9.59 Å². The number of fused-ring (bicyclic) bond motifs is 1. The number of benzene rings is 2. The van der Waals surface area contributed by atoms with Crippen LogP contribution in [0.25, 0.3) is 0 Å². The van der Waals surface area contributed by atoms with E-state index in [0.717, 1.165) is 30.6 Å². The summed E-state index contributed by atoms with van der Waals surface area (Å²) in [6, 6.07) is 10.1. The van der Waals surface area contributed by atoms with Crippen molar-refractivity contribution in [2.24, 2.45) is 0 Å². The van der Waals surface area contributed by atoms with Crippen molar-refractivity contribution in [2.45, 2.75) is 62.4 Å². The third-order valence-corrected chi connectivity index (χ3v) is 7.38. The highest BCUT2D eigenvalue weighted by Crippen LogP contribution is 2.37. The molecule has 1 fully saturated rings. The van der Waals surface area contributed by atoms with Gasteiger partial charge >= 0.3 is 0 Å². The van der Waals surface area contributed by atoms with Gasteiger partial charge in [-0.15, -0.1) is 11.8 Å². The smallest absolute Gasteiger partial charge is 0.251 e. The van der Waals surface area contributed by atoms with Gasteiger partial charge in [0.05, 0.1) is 18.0 Å². The number of carbonyl (C=O) groups is 2. The van der Waals surface area contributed by atoms with Gasteiger partial charge in [0.15, 0.2) is 0 Å². The number of rotatable bonds is 4. The summed E-state index contributed by atoms with van der Waals surface area (Å²) < 4.78 is 14.3. The molecule has 1 N–H and O–H groups in total. The van der Waals surface area contributed by atoms with Crippen molar-refractivity contribution in [3.63, 3.8) is 0 Å². The summed E-state index contributed by atoms with van der Waals surface area (Å²) in [7, 11) is 0. The number of thioether (sulfide) groups is 1. The van der Waals surface area contributed by atoms with Crippen molar-refractivity contribution in [3.8, 4) is 0 Å². The van der Waals surface area contributed by atoms with Crippen molar-refractivity contribution in [3.05, 3.63) is 58.4 Å². The van der Waals surface area contributed by atoms with Crippen LogP contribution < -0.4 is 10.2 Å². The van der Waals surface area contributed by atoms with E-state index in [9.17, 15) is 14.0 Å². The molecule has 2 aromatic rings. The molecule has 0 spiro atoms. The second kappa shape index (κ2) is 10.0. The van der Waals surface area contributed by atoms with E-state index < -0.39 is 5.82 Å². The van der Waals surface area contributed by atoms with Crippen molar-refractivity contribution < 1.29 is 14.0 Å². The number of anilines is 1. The summed E-state index contributed by atoms with van der Waals surface area (Å²) in [5.74, 6) is -0.430. The molecule has 31 heavy (non-hydrogen) atoms. The maximum atomic E-state index is 14.3. The van der Waals surface area contributed by atoms with Crippen LogP contribution in [-0.2, 0) is 11.3 Å². The first-order valence-corrected chi connectivity index (χ1v) is 12.2. The molecule has 7 heteroatoms. The summed E-state index contributed by atoms with van der Waals surface area (Å²) in [6.07, 6.45) is 8.00. The summed E-state index contributed by atoms with van der Waals surface area (Å²) in [5.41, 5.74) is 1.42. The quantitative estimate of drug-likeness (QED) is 0.612. The molecule has 0 atom stereocenters. The van der Waals surface area contributed by atoms with Gasteiger partial charge in [0.1, 0.15) is 5.82 Å². The fourth-order valence-electron chi connectivity index (χ4n) is 4.23. The normalized spacial score (nSPS) is 17.6. The molecular formula is C24H26ClFN2O2S. The van der Waals surface area contributed by atoms with Crippen LogP contribution in [0.4, 0.5) is 10.1 Å². The van der Waals surface area contributed by atoms with Crippen LogP contribution in [0.15, 0.2) is 41.3 Å². The van der Waals surface area contributed by atoms with Crippen LogP contribution in [-0.4, -0.2) is 23.6 Å². The zero-order valence-electron chi connectivity index (χ0n) is 17.3. The van der Waals surface area contributed by atoms with Crippen LogP contribution in [0.5, 0.6) is 0 Å². The van der Waals surface area contributed by atoms with E-state index in [2.05, 4.69) is 5.32 Å². The number of hydrogen-bond acceptors (Lipinski definition) is 3. The fourth-order valence-corrected chi connectivity index (χ4v) is 5.37. The summed E-state index contributed by atoms with van der Waals surface area (Å²) in [6.45, 7) is 0.0333. The molecule has 0 saturated heterocycles. The Morgan fingerprint density at radius 1 is 1.13 bits per heavy atom. The highest BCUT2D eigenvalue weighted by Gasteiger charge is 2.28. The molecule has 1 saturated carbocycles. The molecule has 2 amide bonds. The molecule has 0 aromatic heterocycles. The average Bonchev–Trinajstić information content (AvgIpc) is 2.73. The molecule has 164 valence electrons. The van der Waals surface area contributed by atoms with E-state index in [0.29, 0.717) is 11.3 Å². The van der Waals surface area contributed by atoms with E-state index in [4.69, 9.17) is 11.6 Å². The van der Waals surface area contributed by atoms with Gasteiger partial charge in [0, 0.05) is 27.1 Å². The molecular weight excluding hydrogens is 435 g/mol. The van der Waals surface area contributed by atoms with Gasteiger partial charge in [-0.25, -0.2) is 4.39 Å². The van der Waals surface area contributed by atoms with Crippen LogP contribution in [0.3, 0.4) is 0 Å². The maximum absolute atomic E-state index is 14.3. The Kier molecular flexibility index (Phi) is 7.18. The highest BCUT2D eigenvalue weighted by atomic mass is 35.5. The molecule has 2 aliphatic rings. The molecule has 0 radical (unpaired) electrons. The number of nitrogens with zero attached hydrogens (tertiary/aromatic N) is 1. The predicted molar refractivity (Wildman–Crippen MR) is 123 cm³/mol. The number of hydrogen-bond donors (Lipinski definition) is 1. The Bertz CT molecular complexity index is 956. The van der Waals surface area contributed by atoms with Gasteiger partial charge in [0.2, 0.25) is 5.91 Å². The van der Waals surface area contributed by atoms with E-state index >= 15 is 0 Å². The Labute approximate surface area is 191 Å². The van der Waals surface area contributed by atoms with E-state index in [1.807, 2.05) is 6.07 Å². The van der Waals surface area contributed by atoms with Gasteiger partial charge in [-0.05, 0) is 43.2 Å². The predicted octanol–water partition coefficient (Wildman–Crippen LogP) is 5.96. The van der Waals surface area contributed by atoms with Gasteiger partial charge in [0.25, 0.3) is 5.91 Å². The molecule has 1 aliphatic carbocycles. The van der Waals surface area contributed by atoms with Crippen molar-refractivity contribution in [1.82, 2.24) is 5.32 Å². The monoisotopic (exact) mass is 460 g/mol. The largest absolute Gasteiger partial charge is 0.349 e. The number of carbonyl (C=O) groups excluding carboxylic acids is 2. The number of amides is 2. The first-order chi connectivity index (χ1) is 15.0. The second-order valence-electron chi connectivity index (χ2n) is 8.17. The lowest BCUT2D eigenvalue weighted by molar-refractivity contribution is -0.116. The second-order valence-corrected chi connectivity index (χ2v) is 9.59. The number of nitrogens with one attached hydrogen (secondary N) is 1. The maximum Gasteiger partial charge on any atom is 0.251 e. The molecule has 4 rings (SSSR count). The Balaban J connectivity index is 1.56. The minimum absolute atomic E-state index is 0.0333.